The van der Waals surface area contributed by atoms with E-state index < -0.39 is 31.4 Å². The Morgan fingerprint density at radius 1 is 1.19 bits per heavy atom. The molecule has 0 spiro atoms. The highest BCUT2D eigenvalue weighted by atomic mass is 32.2. The van der Waals surface area contributed by atoms with E-state index in [1.807, 2.05) is 10.8 Å². The van der Waals surface area contributed by atoms with Gasteiger partial charge >= 0.3 is 0 Å². The molecule has 218 valence electrons. The van der Waals surface area contributed by atoms with Gasteiger partial charge in [0.2, 0.25) is 0 Å². The van der Waals surface area contributed by atoms with E-state index in [1.54, 1.807) is 24.4 Å². The van der Waals surface area contributed by atoms with Gasteiger partial charge in [0, 0.05) is 43.3 Å². The number of benzene rings is 2. The van der Waals surface area contributed by atoms with E-state index >= 15 is 0 Å². The number of hydrogen-bond donors (Lipinski definition) is 3. The molecule has 2 aliphatic rings. The number of carbonyl (C=O) groups excluding carboxylic acids is 1. The maximum Gasteiger partial charge on any atom is 0.293 e. The number of nitrogens with zero attached hydrogens (tertiary/aromatic N) is 3. The molecule has 1 aliphatic heterocycles. The Morgan fingerprint density at radius 2 is 2.02 bits per heavy atom. The van der Waals surface area contributed by atoms with Crippen molar-refractivity contribution in [3.8, 4) is 11.5 Å². The average Bonchev–Trinajstić information content (AvgIpc) is 3.73. The van der Waals surface area contributed by atoms with Crippen LogP contribution in [0.3, 0.4) is 0 Å². The van der Waals surface area contributed by atoms with Gasteiger partial charge in [0.15, 0.2) is 0 Å². The van der Waals surface area contributed by atoms with E-state index in [0.29, 0.717) is 30.6 Å². The number of H-pyrrole nitrogens is 1. The zero-order valence-corrected chi connectivity index (χ0v) is 23.2. The average molecular weight is 593 g/mol. The van der Waals surface area contributed by atoms with Crippen molar-refractivity contribution in [1.29, 1.82) is 0 Å². The monoisotopic (exact) mass is 592 g/mol. The third-order valence-corrected chi connectivity index (χ3v) is 8.52. The second-order valence-corrected chi connectivity index (χ2v) is 11.8. The Bertz CT molecular complexity index is 1750. The third kappa shape index (κ3) is 6.05. The minimum absolute atomic E-state index is 0.0456. The number of pyridine rings is 1. The zero-order valence-electron chi connectivity index (χ0n) is 22.4. The summed E-state index contributed by atoms with van der Waals surface area (Å²) < 4.78 is 39.9. The fraction of sp³-hybridized carbons (Fsp3) is 0.286. The van der Waals surface area contributed by atoms with E-state index in [2.05, 4.69) is 20.2 Å². The van der Waals surface area contributed by atoms with Crippen LogP contribution >= 0.6 is 0 Å². The first-order chi connectivity index (χ1) is 20.3. The summed E-state index contributed by atoms with van der Waals surface area (Å²) in [5.41, 5.74) is 0.341. The van der Waals surface area contributed by atoms with Crippen LogP contribution in [-0.4, -0.2) is 72.5 Å². The lowest BCUT2D eigenvalue weighted by molar-refractivity contribution is -0.384. The molecule has 0 radical (unpaired) electrons. The fourth-order valence-corrected chi connectivity index (χ4v) is 5.91. The summed E-state index contributed by atoms with van der Waals surface area (Å²) in [6.45, 7) is 2.52. The standard InChI is InChI=1S/C28H28N6O7S/c35-28(23-3-1-2-4-26(23)41-20-13-18-9-10-29-27(18)31-15-20)32-42(38,39)22-7-8-24(25(14-22)34(36)37)30-16-21-17-33(11-12-40-21)19-5-6-19/h1-4,7-10,13-15,19,21,30H,5-6,11-12,16-17H2,(H,29,31)(H,32,35)/t21-/m1/s1. The molecule has 14 heteroatoms. The Kier molecular flexibility index (Phi) is 7.49. The van der Waals surface area contributed by atoms with Gasteiger partial charge in [-0.1, -0.05) is 12.1 Å². The highest BCUT2D eigenvalue weighted by Gasteiger charge is 2.33. The number of carbonyl (C=O) groups is 1. The molecule has 1 saturated carbocycles. The minimum atomic E-state index is -4.47. The number of aromatic amines is 1. The quantitative estimate of drug-likeness (QED) is 0.182. The molecule has 1 atom stereocenters. The predicted octanol–water partition coefficient (Wildman–Crippen LogP) is 3.66. The molecule has 6 rings (SSSR count). The van der Waals surface area contributed by atoms with Gasteiger partial charge in [-0.3, -0.25) is 19.8 Å². The molecule has 0 bridgehead atoms. The Balaban J connectivity index is 1.16. The van der Waals surface area contributed by atoms with E-state index in [-0.39, 0.29) is 23.1 Å². The number of aromatic nitrogens is 2. The van der Waals surface area contributed by atoms with Crippen LogP contribution in [0.5, 0.6) is 11.5 Å². The van der Waals surface area contributed by atoms with Gasteiger partial charge in [0.25, 0.3) is 21.6 Å². The number of sulfonamides is 1. The van der Waals surface area contributed by atoms with Gasteiger partial charge in [-0.05, 0) is 49.2 Å². The number of nitrogens with one attached hydrogen (secondary N) is 3. The number of anilines is 1. The lowest BCUT2D eigenvalue weighted by atomic mass is 10.2. The topological polar surface area (TPSA) is 169 Å². The van der Waals surface area contributed by atoms with E-state index in [4.69, 9.17) is 9.47 Å². The van der Waals surface area contributed by atoms with Gasteiger partial charge < -0.3 is 19.8 Å². The van der Waals surface area contributed by atoms with Crippen LogP contribution in [0.15, 0.2) is 71.9 Å². The maximum atomic E-state index is 13.1. The molecular weight excluding hydrogens is 564 g/mol. The molecule has 13 nitrogen and oxygen atoms in total. The van der Waals surface area contributed by atoms with Crippen LogP contribution in [0.2, 0.25) is 0 Å². The molecule has 1 saturated heterocycles. The molecule has 3 N–H and O–H groups in total. The second-order valence-electron chi connectivity index (χ2n) is 10.2. The number of ether oxygens (including phenoxy) is 2. The first-order valence-electron chi connectivity index (χ1n) is 13.4. The van der Waals surface area contributed by atoms with Gasteiger partial charge in [0.05, 0.1) is 34.3 Å². The van der Waals surface area contributed by atoms with Crippen LogP contribution in [0.1, 0.15) is 23.2 Å². The van der Waals surface area contributed by atoms with Crippen molar-refractivity contribution in [1.82, 2.24) is 19.6 Å². The lowest BCUT2D eigenvalue weighted by Crippen LogP contribution is -2.46. The normalized spacial score (nSPS) is 17.6. The first kappa shape index (κ1) is 27.6. The number of fused-ring (bicyclic) bond motifs is 1. The number of nitro groups is 1. The molecule has 2 fully saturated rings. The molecule has 2 aromatic heterocycles. The zero-order chi connectivity index (χ0) is 29.3. The van der Waals surface area contributed by atoms with Gasteiger partial charge in [-0.15, -0.1) is 0 Å². The number of nitro benzene ring substituents is 1. The third-order valence-electron chi connectivity index (χ3n) is 7.19. The predicted molar refractivity (Wildman–Crippen MR) is 153 cm³/mol. The summed E-state index contributed by atoms with van der Waals surface area (Å²) in [5, 5.41) is 15.7. The Labute approximate surface area is 241 Å². The smallest absolute Gasteiger partial charge is 0.293 e. The van der Waals surface area contributed by atoms with Crippen LogP contribution in [0.4, 0.5) is 11.4 Å². The van der Waals surface area contributed by atoms with Gasteiger partial charge in [-0.2, -0.15) is 0 Å². The molecule has 1 aliphatic carbocycles. The summed E-state index contributed by atoms with van der Waals surface area (Å²) >= 11 is 0. The summed E-state index contributed by atoms with van der Waals surface area (Å²) in [6.07, 6.45) is 5.41. The molecule has 1 amide bonds. The summed E-state index contributed by atoms with van der Waals surface area (Å²) in [4.78, 5) is 33.4. The lowest BCUT2D eigenvalue weighted by Gasteiger charge is -2.33. The van der Waals surface area contributed by atoms with Crippen LogP contribution in [0, 0.1) is 10.1 Å². The summed E-state index contributed by atoms with van der Waals surface area (Å²) in [7, 11) is -4.47. The highest BCUT2D eigenvalue weighted by Crippen LogP contribution is 2.31. The Morgan fingerprint density at radius 3 is 2.83 bits per heavy atom. The van der Waals surface area contributed by atoms with Crippen molar-refractivity contribution in [2.75, 3.05) is 31.6 Å². The number of hydrogen-bond acceptors (Lipinski definition) is 10. The Hall–Kier alpha value is -4.53. The molecule has 42 heavy (non-hydrogen) atoms. The van der Waals surface area contributed by atoms with E-state index in [9.17, 15) is 23.3 Å². The van der Waals surface area contributed by atoms with Crippen LogP contribution in [0.25, 0.3) is 11.0 Å². The molecule has 3 heterocycles. The number of rotatable bonds is 10. The molecular formula is C28H28N6O7S. The number of morpholine rings is 1. The largest absolute Gasteiger partial charge is 0.455 e. The molecule has 4 aromatic rings. The first-order valence-corrected chi connectivity index (χ1v) is 14.9. The van der Waals surface area contributed by atoms with Crippen molar-refractivity contribution >= 4 is 38.3 Å². The van der Waals surface area contributed by atoms with Gasteiger partial charge in [-0.25, -0.2) is 18.1 Å². The van der Waals surface area contributed by atoms with Crippen molar-refractivity contribution in [3.05, 3.63) is 82.7 Å². The fourth-order valence-electron chi connectivity index (χ4n) is 4.92. The summed E-state index contributed by atoms with van der Waals surface area (Å²) in [5.74, 6) is -0.499. The SMILES string of the molecule is O=C(NS(=O)(=O)c1ccc(NC[C@@H]2CN(C3CC3)CCO2)c([N+](=O)[O-])c1)c1ccccc1Oc1cnc2[nH]ccc2c1. The van der Waals surface area contributed by atoms with Crippen LogP contribution < -0.4 is 14.8 Å². The molecule has 0 unspecified atom stereocenters. The van der Waals surface area contributed by atoms with Crippen LogP contribution in [-0.2, 0) is 14.8 Å². The van der Waals surface area contributed by atoms with Crippen molar-refractivity contribution in [2.45, 2.75) is 29.9 Å². The van der Waals surface area contributed by atoms with Crippen molar-refractivity contribution in [2.24, 2.45) is 0 Å². The molecule has 2 aromatic carbocycles. The highest BCUT2D eigenvalue weighted by molar-refractivity contribution is 7.90. The number of amides is 1. The second kappa shape index (κ2) is 11.4. The van der Waals surface area contributed by atoms with Gasteiger partial charge in [0.1, 0.15) is 22.8 Å². The van der Waals surface area contributed by atoms with Crippen molar-refractivity contribution < 1.29 is 27.6 Å². The summed E-state index contributed by atoms with van der Waals surface area (Å²) in [6, 6.07) is 13.7. The number of para-hydroxylation sites is 1. The van der Waals surface area contributed by atoms with Crippen molar-refractivity contribution in [3.63, 3.8) is 0 Å². The van der Waals surface area contributed by atoms with E-state index in [1.165, 1.54) is 43.3 Å². The van der Waals surface area contributed by atoms with E-state index in [0.717, 1.165) is 24.5 Å². The maximum absolute atomic E-state index is 13.1. The minimum Gasteiger partial charge on any atom is -0.455 e.